The van der Waals surface area contributed by atoms with Gasteiger partial charge in [-0.2, -0.15) is 0 Å². The first-order valence-electron chi connectivity index (χ1n) is 3.92. The number of carbonyl (C=O) groups excluding carboxylic acids is 1. The molecule has 0 aliphatic carbocycles. The Morgan fingerprint density at radius 2 is 2.36 bits per heavy atom. The molecule has 0 saturated heterocycles. The zero-order chi connectivity index (χ0) is 10.6. The molecule has 0 fully saturated rings. The van der Waals surface area contributed by atoms with E-state index in [2.05, 4.69) is 9.72 Å². The van der Waals surface area contributed by atoms with E-state index in [9.17, 15) is 9.59 Å². The van der Waals surface area contributed by atoms with Crippen molar-refractivity contribution in [1.29, 1.82) is 0 Å². The Morgan fingerprint density at radius 1 is 1.64 bits per heavy atom. The van der Waals surface area contributed by atoms with E-state index < -0.39 is 18.0 Å². The number of hydrogen-bond acceptors (Lipinski definition) is 4. The lowest BCUT2D eigenvalue weighted by molar-refractivity contribution is -0.149. The highest BCUT2D eigenvalue weighted by Gasteiger charge is 2.22. The molecule has 0 amide bonds. The van der Waals surface area contributed by atoms with Crippen LogP contribution in [0.25, 0.3) is 0 Å². The van der Waals surface area contributed by atoms with Gasteiger partial charge >= 0.3 is 11.9 Å². The monoisotopic (exact) mass is 198 g/mol. The van der Waals surface area contributed by atoms with Crippen LogP contribution in [0.2, 0.25) is 0 Å². The molecule has 6 nitrogen and oxygen atoms in total. The Hall–Kier alpha value is -1.85. The number of aromatic nitrogens is 2. The molecule has 1 aromatic heterocycles. The van der Waals surface area contributed by atoms with Gasteiger partial charge in [0.2, 0.25) is 0 Å². The summed E-state index contributed by atoms with van der Waals surface area (Å²) < 4.78 is 5.74. The van der Waals surface area contributed by atoms with Crippen LogP contribution in [0, 0.1) is 0 Å². The van der Waals surface area contributed by atoms with E-state index in [1.165, 1.54) is 30.4 Å². The van der Waals surface area contributed by atoms with Gasteiger partial charge in [-0.25, -0.2) is 9.78 Å². The average molecular weight is 198 g/mol. The van der Waals surface area contributed by atoms with E-state index in [1.807, 2.05) is 0 Å². The molecule has 76 valence electrons. The van der Waals surface area contributed by atoms with Crippen molar-refractivity contribution in [3.05, 3.63) is 18.7 Å². The molecule has 1 unspecified atom stereocenters. The van der Waals surface area contributed by atoms with Crippen LogP contribution in [-0.2, 0) is 14.3 Å². The highest BCUT2D eigenvalue weighted by Crippen LogP contribution is 2.11. The van der Waals surface area contributed by atoms with Crippen molar-refractivity contribution in [2.45, 2.75) is 12.5 Å². The van der Waals surface area contributed by atoms with E-state index in [-0.39, 0.29) is 6.42 Å². The third-order valence-electron chi connectivity index (χ3n) is 1.76. The number of methoxy groups -OCH3 is 1. The van der Waals surface area contributed by atoms with Crippen molar-refractivity contribution in [1.82, 2.24) is 9.55 Å². The molecule has 0 aliphatic rings. The lowest BCUT2D eigenvalue weighted by atomic mass is 10.2. The Balaban J connectivity index is 2.76. The molecule has 1 aromatic rings. The molecule has 1 rings (SSSR count). The van der Waals surface area contributed by atoms with Crippen molar-refractivity contribution in [3.8, 4) is 0 Å². The second-order valence-corrected chi connectivity index (χ2v) is 2.64. The summed E-state index contributed by atoms with van der Waals surface area (Å²) in [6.07, 6.45) is 4.08. The number of ether oxygens (including phenoxy) is 1. The van der Waals surface area contributed by atoms with E-state index in [1.54, 1.807) is 0 Å². The molecule has 0 bridgehead atoms. The first-order valence-corrected chi connectivity index (χ1v) is 3.92. The second-order valence-electron chi connectivity index (χ2n) is 2.64. The number of carboxylic acids is 1. The van der Waals surface area contributed by atoms with E-state index >= 15 is 0 Å². The van der Waals surface area contributed by atoms with Crippen molar-refractivity contribution in [2.24, 2.45) is 0 Å². The highest BCUT2D eigenvalue weighted by atomic mass is 16.5. The molecule has 0 aliphatic heterocycles. The normalized spacial score (nSPS) is 12.1. The van der Waals surface area contributed by atoms with Gasteiger partial charge in [-0.3, -0.25) is 4.79 Å². The number of esters is 1. The lowest BCUT2D eigenvalue weighted by Gasteiger charge is -2.11. The van der Waals surface area contributed by atoms with Gasteiger partial charge < -0.3 is 14.4 Å². The summed E-state index contributed by atoms with van der Waals surface area (Å²) in [6, 6.07) is -0.954. The molecule has 0 radical (unpaired) electrons. The maximum absolute atomic E-state index is 10.9. The molecule has 6 heteroatoms. The standard InChI is InChI=1S/C8H10N2O4/c1-14-7(11)4-6(8(12)13)10-3-2-9-5-10/h2-3,5-6H,4H2,1H3,(H,12,13). The van der Waals surface area contributed by atoms with Crippen LogP contribution in [0.15, 0.2) is 18.7 Å². The number of imidazole rings is 1. The minimum Gasteiger partial charge on any atom is -0.480 e. The first-order chi connectivity index (χ1) is 6.65. The second kappa shape index (κ2) is 4.40. The SMILES string of the molecule is COC(=O)CC(C(=O)O)n1ccnc1. The predicted octanol–water partition coefficient (Wildman–Crippen LogP) is 0.0719. The molecule has 1 N–H and O–H groups in total. The summed E-state index contributed by atoms with van der Waals surface area (Å²) in [7, 11) is 1.22. The molecular formula is C8H10N2O4. The number of aliphatic carboxylic acids is 1. The van der Waals surface area contributed by atoms with Gasteiger partial charge in [0.25, 0.3) is 0 Å². The zero-order valence-corrected chi connectivity index (χ0v) is 7.58. The summed E-state index contributed by atoms with van der Waals surface area (Å²) in [5, 5.41) is 8.83. The maximum atomic E-state index is 10.9. The Morgan fingerprint density at radius 3 is 2.79 bits per heavy atom. The molecule has 1 heterocycles. The lowest BCUT2D eigenvalue weighted by Crippen LogP contribution is -2.21. The van der Waals surface area contributed by atoms with Gasteiger partial charge in [0.15, 0.2) is 0 Å². The minimum absolute atomic E-state index is 0.206. The summed E-state index contributed by atoms with van der Waals surface area (Å²) in [4.78, 5) is 25.4. The first kappa shape index (κ1) is 10.2. The van der Waals surface area contributed by atoms with E-state index in [0.29, 0.717) is 0 Å². The summed E-state index contributed by atoms with van der Waals surface area (Å²) in [5.41, 5.74) is 0. The van der Waals surface area contributed by atoms with Gasteiger partial charge in [0, 0.05) is 12.4 Å². The fourth-order valence-corrected chi connectivity index (χ4v) is 1.02. The summed E-state index contributed by atoms with van der Waals surface area (Å²) in [6.45, 7) is 0. The van der Waals surface area contributed by atoms with Gasteiger partial charge in [0.1, 0.15) is 6.04 Å². The molecule has 14 heavy (non-hydrogen) atoms. The third kappa shape index (κ3) is 2.32. The van der Waals surface area contributed by atoms with Crippen LogP contribution >= 0.6 is 0 Å². The minimum atomic E-state index is -1.09. The van der Waals surface area contributed by atoms with Crippen molar-refractivity contribution >= 4 is 11.9 Å². The number of nitrogens with zero attached hydrogens (tertiary/aromatic N) is 2. The smallest absolute Gasteiger partial charge is 0.327 e. The fraction of sp³-hybridized carbons (Fsp3) is 0.375. The Kier molecular flexibility index (Phi) is 3.22. The molecular weight excluding hydrogens is 188 g/mol. The largest absolute Gasteiger partial charge is 0.480 e. The van der Waals surface area contributed by atoms with Crippen molar-refractivity contribution in [3.63, 3.8) is 0 Å². The van der Waals surface area contributed by atoms with Crippen LogP contribution in [0.5, 0.6) is 0 Å². The number of hydrogen-bond donors (Lipinski definition) is 1. The van der Waals surface area contributed by atoms with Crippen LogP contribution in [-0.4, -0.2) is 33.7 Å². The molecule has 0 spiro atoms. The van der Waals surface area contributed by atoms with Crippen LogP contribution < -0.4 is 0 Å². The van der Waals surface area contributed by atoms with Gasteiger partial charge in [-0.1, -0.05) is 0 Å². The van der Waals surface area contributed by atoms with Gasteiger partial charge in [0.05, 0.1) is 19.9 Å². The Bertz CT molecular complexity index is 320. The Labute approximate surface area is 80.1 Å². The van der Waals surface area contributed by atoms with Crippen LogP contribution in [0.4, 0.5) is 0 Å². The van der Waals surface area contributed by atoms with Crippen LogP contribution in [0.1, 0.15) is 12.5 Å². The number of rotatable bonds is 4. The van der Waals surface area contributed by atoms with Crippen molar-refractivity contribution < 1.29 is 19.4 Å². The van der Waals surface area contributed by atoms with E-state index in [0.717, 1.165) is 0 Å². The maximum Gasteiger partial charge on any atom is 0.327 e. The van der Waals surface area contributed by atoms with Crippen molar-refractivity contribution in [2.75, 3.05) is 7.11 Å². The topological polar surface area (TPSA) is 81.4 Å². The average Bonchev–Trinajstić information content (AvgIpc) is 2.65. The highest BCUT2D eigenvalue weighted by molar-refractivity contribution is 5.80. The predicted molar refractivity (Wildman–Crippen MR) is 45.5 cm³/mol. The molecule has 0 saturated carbocycles. The zero-order valence-electron chi connectivity index (χ0n) is 7.58. The van der Waals surface area contributed by atoms with Gasteiger partial charge in [-0.05, 0) is 0 Å². The van der Waals surface area contributed by atoms with E-state index in [4.69, 9.17) is 5.11 Å². The van der Waals surface area contributed by atoms with Gasteiger partial charge in [-0.15, -0.1) is 0 Å². The molecule has 1 atom stereocenters. The molecule has 0 aromatic carbocycles. The summed E-state index contributed by atoms with van der Waals surface area (Å²) in [5.74, 6) is -1.65. The fourth-order valence-electron chi connectivity index (χ4n) is 1.02. The summed E-state index contributed by atoms with van der Waals surface area (Å²) >= 11 is 0. The third-order valence-corrected chi connectivity index (χ3v) is 1.76. The van der Waals surface area contributed by atoms with Crippen LogP contribution in [0.3, 0.4) is 0 Å². The number of carbonyl (C=O) groups is 2. The quantitative estimate of drug-likeness (QED) is 0.692. The number of carboxylic acid groups (broad SMARTS) is 1.